The van der Waals surface area contributed by atoms with Crippen molar-refractivity contribution in [2.45, 2.75) is 77.9 Å². The Morgan fingerprint density at radius 2 is 1.87 bits per heavy atom. The Morgan fingerprint density at radius 1 is 1.17 bits per heavy atom. The van der Waals surface area contributed by atoms with Crippen molar-refractivity contribution >= 4 is 18.0 Å². The molecular weight excluding hydrogens is 382 g/mol. The van der Waals surface area contributed by atoms with Crippen LogP contribution in [-0.4, -0.2) is 79.2 Å². The number of guanidine groups is 1. The number of carbonyl (C=O) groups excluding carboxylic acids is 2. The van der Waals surface area contributed by atoms with Gasteiger partial charge in [-0.05, 0) is 47.0 Å². The van der Waals surface area contributed by atoms with E-state index < -0.39 is 5.60 Å². The van der Waals surface area contributed by atoms with Gasteiger partial charge in [0.05, 0.1) is 0 Å². The molecule has 2 N–H and O–H groups in total. The van der Waals surface area contributed by atoms with Crippen LogP contribution in [0.5, 0.6) is 0 Å². The number of nitrogens with one attached hydrogen (secondary N) is 2. The van der Waals surface area contributed by atoms with Crippen LogP contribution in [0.1, 0.15) is 66.2 Å². The molecule has 0 aromatic carbocycles. The summed E-state index contributed by atoms with van der Waals surface area (Å²) in [6, 6.07) is 0.205. The third-order valence-electron chi connectivity index (χ3n) is 5.73. The summed E-state index contributed by atoms with van der Waals surface area (Å²) in [7, 11) is 1.74. The maximum atomic E-state index is 12.7. The normalized spacial score (nSPS) is 20.8. The number of likely N-dealkylation sites (tertiary alicyclic amines) is 1. The fraction of sp³-hybridized carbons (Fsp3) is 0.864. The second-order valence-electron chi connectivity index (χ2n) is 9.31. The summed E-state index contributed by atoms with van der Waals surface area (Å²) in [6.07, 6.45) is 6.34. The summed E-state index contributed by atoms with van der Waals surface area (Å²) in [6.45, 7) is 10.8. The lowest BCUT2D eigenvalue weighted by Crippen LogP contribution is -2.48. The van der Waals surface area contributed by atoms with E-state index in [0.29, 0.717) is 31.5 Å². The third kappa shape index (κ3) is 7.69. The smallest absolute Gasteiger partial charge is 0.410 e. The second-order valence-corrected chi connectivity index (χ2v) is 9.31. The van der Waals surface area contributed by atoms with Crippen molar-refractivity contribution in [1.82, 2.24) is 20.4 Å². The SMILES string of the molecule is CCN(CCNC(=NC)NC1CCN(C(=O)C2CCCCC2)C1)C(=O)OC(C)(C)C. The fourth-order valence-electron chi connectivity index (χ4n) is 4.09. The highest BCUT2D eigenvalue weighted by molar-refractivity contribution is 5.81. The molecule has 2 aliphatic rings. The largest absolute Gasteiger partial charge is 0.444 e. The van der Waals surface area contributed by atoms with Crippen LogP contribution in [-0.2, 0) is 9.53 Å². The predicted octanol–water partition coefficient (Wildman–Crippen LogP) is 2.59. The molecule has 8 heteroatoms. The first-order valence-electron chi connectivity index (χ1n) is 11.5. The molecule has 30 heavy (non-hydrogen) atoms. The number of rotatable bonds is 6. The molecule has 8 nitrogen and oxygen atoms in total. The van der Waals surface area contributed by atoms with Crippen molar-refractivity contribution in [3.63, 3.8) is 0 Å². The van der Waals surface area contributed by atoms with Gasteiger partial charge in [-0.2, -0.15) is 0 Å². The number of ether oxygens (including phenoxy) is 1. The van der Waals surface area contributed by atoms with Crippen molar-refractivity contribution in [2.24, 2.45) is 10.9 Å². The molecule has 1 aliphatic heterocycles. The van der Waals surface area contributed by atoms with Gasteiger partial charge >= 0.3 is 6.09 Å². The first-order valence-corrected chi connectivity index (χ1v) is 11.5. The molecule has 0 radical (unpaired) electrons. The van der Waals surface area contributed by atoms with Crippen molar-refractivity contribution < 1.29 is 14.3 Å². The number of hydrogen-bond donors (Lipinski definition) is 2. The molecule has 1 heterocycles. The minimum absolute atomic E-state index is 0.205. The highest BCUT2D eigenvalue weighted by Crippen LogP contribution is 2.26. The molecule has 2 rings (SSSR count). The van der Waals surface area contributed by atoms with Gasteiger partial charge in [-0.3, -0.25) is 9.79 Å². The van der Waals surface area contributed by atoms with Gasteiger partial charge in [-0.25, -0.2) is 4.79 Å². The Hall–Kier alpha value is -1.99. The van der Waals surface area contributed by atoms with Crippen LogP contribution in [0.25, 0.3) is 0 Å². The van der Waals surface area contributed by atoms with Crippen LogP contribution in [0.4, 0.5) is 4.79 Å². The van der Waals surface area contributed by atoms with Crippen molar-refractivity contribution in [2.75, 3.05) is 39.8 Å². The Labute approximate surface area is 181 Å². The van der Waals surface area contributed by atoms with Gasteiger partial charge in [-0.1, -0.05) is 19.3 Å². The van der Waals surface area contributed by atoms with Crippen LogP contribution >= 0.6 is 0 Å². The summed E-state index contributed by atoms with van der Waals surface area (Å²) in [5.41, 5.74) is -0.501. The van der Waals surface area contributed by atoms with E-state index in [1.54, 1.807) is 11.9 Å². The zero-order chi connectivity index (χ0) is 22.1. The summed E-state index contributed by atoms with van der Waals surface area (Å²) < 4.78 is 5.44. The van der Waals surface area contributed by atoms with E-state index in [-0.39, 0.29) is 18.1 Å². The number of aliphatic imine (C=N–C) groups is 1. The van der Waals surface area contributed by atoms with Gasteiger partial charge in [0.15, 0.2) is 5.96 Å². The Bertz CT molecular complexity index is 596. The van der Waals surface area contributed by atoms with Crippen LogP contribution < -0.4 is 10.6 Å². The third-order valence-corrected chi connectivity index (χ3v) is 5.73. The average molecular weight is 424 g/mol. The number of nitrogens with zero attached hydrogens (tertiary/aromatic N) is 3. The lowest BCUT2D eigenvalue weighted by atomic mass is 9.88. The van der Waals surface area contributed by atoms with Gasteiger partial charge in [-0.15, -0.1) is 0 Å². The molecule has 0 aromatic heterocycles. The molecule has 1 aliphatic carbocycles. The quantitative estimate of drug-likeness (QED) is 0.507. The molecular formula is C22H41N5O3. The number of amides is 2. The van der Waals surface area contributed by atoms with E-state index in [0.717, 1.165) is 32.4 Å². The summed E-state index contributed by atoms with van der Waals surface area (Å²) in [5.74, 6) is 1.26. The van der Waals surface area contributed by atoms with Crippen LogP contribution in [0.3, 0.4) is 0 Å². The van der Waals surface area contributed by atoms with E-state index in [1.165, 1.54) is 19.3 Å². The molecule has 1 saturated heterocycles. The first-order chi connectivity index (χ1) is 14.2. The summed E-state index contributed by atoms with van der Waals surface area (Å²) in [4.78, 5) is 33.0. The van der Waals surface area contributed by atoms with Crippen LogP contribution in [0.15, 0.2) is 4.99 Å². The summed E-state index contributed by atoms with van der Waals surface area (Å²) in [5, 5.41) is 6.70. The number of likely N-dealkylation sites (N-methyl/N-ethyl adjacent to an activating group) is 1. The maximum Gasteiger partial charge on any atom is 0.410 e. The van der Waals surface area contributed by atoms with Gasteiger partial charge < -0.3 is 25.2 Å². The molecule has 0 aromatic rings. The van der Waals surface area contributed by atoms with Crippen molar-refractivity contribution in [1.29, 1.82) is 0 Å². The topological polar surface area (TPSA) is 86.3 Å². The molecule has 2 fully saturated rings. The molecule has 0 bridgehead atoms. The fourth-order valence-corrected chi connectivity index (χ4v) is 4.09. The maximum absolute atomic E-state index is 12.7. The first kappa shape index (κ1) is 24.3. The second kappa shape index (κ2) is 11.4. The zero-order valence-corrected chi connectivity index (χ0v) is 19.5. The highest BCUT2D eigenvalue weighted by atomic mass is 16.6. The highest BCUT2D eigenvalue weighted by Gasteiger charge is 2.31. The lowest BCUT2D eigenvalue weighted by molar-refractivity contribution is -0.135. The summed E-state index contributed by atoms with van der Waals surface area (Å²) >= 11 is 0. The van der Waals surface area contributed by atoms with E-state index >= 15 is 0 Å². The zero-order valence-electron chi connectivity index (χ0n) is 19.5. The van der Waals surface area contributed by atoms with E-state index in [9.17, 15) is 9.59 Å². The minimum atomic E-state index is -0.501. The minimum Gasteiger partial charge on any atom is -0.444 e. The molecule has 1 unspecified atom stereocenters. The Morgan fingerprint density at radius 3 is 2.47 bits per heavy atom. The van der Waals surface area contributed by atoms with Crippen LogP contribution in [0, 0.1) is 5.92 Å². The number of hydrogen-bond acceptors (Lipinski definition) is 4. The van der Waals surface area contributed by atoms with Gasteiger partial charge in [0.1, 0.15) is 5.60 Å². The van der Waals surface area contributed by atoms with Gasteiger partial charge in [0, 0.05) is 51.7 Å². The molecule has 1 atom stereocenters. The molecule has 0 spiro atoms. The van der Waals surface area contributed by atoms with Crippen molar-refractivity contribution in [3.05, 3.63) is 0 Å². The van der Waals surface area contributed by atoms with Crippen LogP contribution in [0.2, 0.25) is 0 Å². The van der Waals surface area contributed by atoms with E-state index in [1.807, 2.05) is 32.6 Å². The Balaban J connectivity index is 1.74. The average Bonchev–Trinajstić information content (AvgIpc) is 3.17. The van der Waals surface area contributed by atoms with Crippen molar-refractivity contribution in [3.8, 4) is 0 Å². The number of carbonyl (C=O) groups is 2. The molecule has 172 valence electrons. The molecule has 1 saturated carbocycles. The standard InChI is InChI=1S/C22H41N5O3/c1-6-26(21(29)30-22(2,3)4)15-13-24-20(23-5)25-18-12-14-27(16-18)19(28)17-10-8-7-9-11-17/h17-18H,6-16H2,1-5H3,(H2,23,24,25). The predicted molar refractivity (Wildman–Crippen MR) is 120 cm³/mol. The monoisotopic (exact) mass is 423 g/mol. The Kier molecular flexibility index (Phi) is 9.24. The van der Waals surface area contributed by atoms with Gasteiger partial charge in [0.2, 0.25) is 5.91 Å². The van der Waals surface area contributed by atoms with Gasteiger partial charge in [0.25, 0.3) is 0 Å². The van der Waals surface area contributed by atoms with E-state index in [4.69, 9.17) is 4.74 Å². The molecule has 2 amide bonds. The lowest BCUT2D eigenvalue weighted by Gasteiger charge is -2.27. The van der Waals surface area contributed by atoms with E-state index in [2.05, 4.69) is 15.6 Å².